The number of Topliss-reactive ketones (excluding diaryl/α,β-unsaturated/α-hetero) is 1. The first-order chi connectivity index (χ1) is 29.7. The summed E-state index contributed by atoms with van der Waals surface area (Å²) >= 11 is 0. The number of nitrogens with one attached hydrogen (secondary N) is 1. The molecule has 1 amide bonds. The lowest BCUT2D eigenvalue weighted by atomic mass is 9.78. The highest BCUT2D eigenvalue weighted by Gasteiger charge is 2.50. The number of nitrogens with zero attached hydrogens (tertiary/aromatic N) is 1. The molecule has 3 aliphatic rings. The number of methoxy groups -OCH3 is 1. The summed E-state index contributed by atoms with van der Waals surface area (Å²) in [7, 11) is 1.43. The number of allylic oxidation sites excluding steroid dienone is 3. The van der Waals surface area contributed by atoms with Gasteiger partial charge in [0.2, 0.25) is 0 Å². The monoisotopic (exact) mass is 870 g/mol. The highest BCUT2D eigenvalue weighted by molar-refractivity contribution is 6.23. The number of fused-ring (bicyclic) bond motifs is 14. The lowest BCUT2D eigenvalue weighted by Crippen LogP contribution is -2.46. The molecule has 9 unspecified atom stereocenters. The molecule has 3 aliphatic heterocycles. The Morgan fingerprint density at radius 1 is 0.921 bits per heavy atom. The maximum atomic E-state index is 14.5. The van der Waals surface area contributed by atoms with Crippen molar-refractivity contribution in [2.75, 3.05) is 12.4 Å². The molecule has 9 atom stereocenters. The van der Waals surface area contributed by atoms with Crippen molar-refractivity contribution < 1.29 is 63.7 Å². The molecule has 0 aromatic heterocycles. The number of aliphatic hydroxyl groups excluding tert-OH is 2. The molecule has 6 rings (SSSR count). The summed E-state index contributed by atoms with van der Waals surface area (Å²) in [5, 5.41) is 64.8. The van der Waals surface area contributed by atoms with Crippen molar-refractivity contribution in [3.63, 3.8) is 0 Å². The number of hydrogen-bond donors (Lipinski definition) is 6. The number of amides is 1. The molecule has 0 fully saturated rings. The van der Waals surface area contributed by atoms with Gasteiger partial charge in [0.1, 0.15) is 30.0 Å². The van der Waals surface area contributed by atoms with E-state index in [9.17, 15) is 39.9 Å². The maximum absolute atomic E-state index is 14.5. The van der Waals surface area contributed by atoms with E-state index in [1.807, 2.05) is 30.3 Å². The lowest BCUT2D eigenvalue weighted by Gasteiger charge is -2.38. The molecule has 15 heteroatoms. The zero-order valence-electron chi connectivity index (χ0n) is 37.2. The van der Waals surface area contributed by atoms with Crippen LogP contribution in [0.5, 0.6) is 23.0 Å². The summed E-state index contributed by atoms with van der Waals surface area (Å²) in [4.78, 5) is 46.2. The largest absolute Gasteiger partial charge is 0.507 e. The summed E-state index contributed by atoms with van der Waals surface area (Å²) in [5.74, 6) is -8.59. The number of benzene rings is 3. The van der Waals surface area contributed by atoms with Crippen LogP contribution in [0.1, 0.15) is 82.4 Å². The standard InChI is InChI=1S/C48H58N2O13/c1-24-15-14-16-25(2)47(58)49-38-33(20-19-26(3)50-61-23-32-17-12-11-13-18-32)42(55)35-36(43(38)56)41(54)30(7)45-37(35)46(57)48(9,63-45)60-22-21-34(59-10)27(4)44(62-31(8)51)29(6)40(53)28(5)39(24)52/h11-22,24,27-29,34,39-40,44,52-56H,23H2,1-10H3,(H,49,58)/b15-14?,20-19+,22-21?,25-16?,50-26+. The van der Waals surface area contributed by atoms with E-state index in [1.54, 1.807) is 46.8 Å². The van der Waals surface area contributed by atoms with Crippen LogP contribution in [0, 0.1) is 30.6 Å². The highest BCUT2D eigenvalue weighted by Crippen LogP contribution is 2.55. The predicted molar refractivity (Wildman–Crippen MR) is 237 cm³/mol. The number of carbonyl (C=O) groups excluding carboxylic acids is 3. The minimum absolute atomic E-state index is 0.0356. The Kier molecular flexibility index (Phi) is 15.1. The van der Waals surface area contributed by atoms with Gasteiger partial charge >= 0.3 is 11.8 Å². The van der Waals surface area contributed by atoms with Crippen molar-refractivity contribution in [3.8, 4) is 23.0 Å². The van der Waals surface area contributed by atoms with E-state index in [2.05, 4.69) is 10.5 Å². The van der Waals surface area contributed by atoms with Crippen LogP contribution >= 0.6 is 0 Å². The van der Waals surface area contributed by atoms with Gasteiger partial charge < -0.3 is 54.6 Å². The molecule has 3 aromatic rings. The minimum Gasteiger partial charge on any atom is -0.507 e. The van der Waals surface area contributed by atoms with Crippen LogP contribution in [0.3, 0.4) is 0 Å². The normalized spacial score (nSPS) is 27.3. The minimum atomic E-state index is -2.07. The van der Waals surface area contributed by atoms with Crippen molar-refractivity contribution in [1.29, 1.82) is 0 Å². The number of phenolic OH excluding ortho intramolecular Hbond substituents is 3. The third kappa shape index (κ3) is 10.1. The van der Waals surface area contributed by atoms with Crippen LogP contribution in [0.4, 0.5) is 5.69 Å². The number of oxime groups is 1. The van der Waals surface area contributed by atoms with Gasteiger partial charge in [-0.05, 0) is 44.6 Å². The van der Waals surface area contributed by atoms with Crippen molar-refractivity contribution in [1.82, 2.24) is 0 Å². The van der Waals surface area contributed by atoms with Crippen LogP contribution in [0.2, 0.25) is 0 Å². The van der Waals surface area contributed by atoms with E-state index in [-0.39, 0.29) is 51.1 Å². The van der Waals surface area contributed by atoms with E-state index in [4.69, 9.17) is 23.8 Å². The molecular formula is C48H58N2O13. The Balaban J connectivity index is 1.68. The van der Waals surface area contributed by atoms with Crippen LogP contribution in [-0.2, 0) is 35.2 Å². The van der Waals surface area contributed by atoms with Crippen LogP contribution in [0.15, 0.2) is 77.7 Å². The first kappa shape index (κ1) is 47.9. The summed E-state index contributed by atoms with van der Waals surface area (Å²) in [6, 6.07) is 9.36. The quantitative estimate of drug-likeness (QED) is 0.0450. The third-order valence-corrected chi connectivity index (χ3v) is 11.8. The molecule has 3 heterocycles. The van der Waals surface area contributed by atoms with Gasteiger partial charge in [-0.2, -0.15) is 0 Å². The second-order valence-corrected chi connectivity index (χ2v) is 16.4. The molecule has 3 aromatic carbocycles. The summed E-state index contributed by atoms with van der Waals surface area (Å²) < 4.78 is 23.6. The van der Waals surface area contributed by atoms with Gasteiger partial charge in [0.15, 0.2) is 5.75 Å². The van der Waals surface area contributed by atoms with Gasteiger partial charge in [-0.25, -0.2) is 0 Å². The van der Waals surface area contributed by atoms with Gasteiger partial charge in [0, 0.05) is 66.7 Å². The fourth-order valence-electron chi connectivity index (χ4n) is 7.93. The summed E-state index contributed by atoms with van der Waals surface area (Å²) in [6.45, 7) is 14.3. The van der Waals surface area contributed by atoms with Crippen LogP contribution in [-0.4, -0.2) is 86.2 Å². The number of aromatic hydroxyl groups is 3. The number of ether oxygens (including phenoxy) is 4. The Hall–Kier alpha value is -6.16. The maximum Gasteiger partial charge on any atom is 0.312 e. The smallest absolute Gasteiger partial charge is 0.312 e. The lowest BCUT2D eigenvalue weighted by molar-refractivity contribution is -0.160. The van der Waals surface area contributed by atoms with E-state index in [1.165, 1.54) is 65.4 Å². The van der Waals surface area contributed by atoms with Crippen molar-refractivity contribution in [2.24, 2.45) is 28.8 Å². The number of phenols is 3. The van der Waals surface area contributed by atoms with Crippen LogP contribution < -0.4 is 10.1 Å². The predicted octanol–water partition coefficient (Wildman–Crippen LogP) is 7.36. The van der Waals surface area contributed by atoms with Crippen molar-refractivity contribution >= 4 is 45.9 Å². The number of aliphatic hydroxyl groups is 2. The molecule has 63 heavy (non-hydrogen) atoms. The molecular weight excluding hydrogens is 813 g/mol. The number of rotatable bonds is 7. The van der Waals surface area contributed by atoms with Crippen molar-refractivity contribution in [3.05, 3.63) is 94.8 Å². The highest BCUT2D eigenvalue weighted by atomic mass is 16.7. The molecule has 0 saturated heterocycles. The Morgan fingerprint density at radius 3 is 2.25 bits per heavy atom. The van der Waals surface area contributed by atoms with E-state index in [0.717, 1.165) is 5.56 Å². The second kappa shape index (κ2) is 19.9. The Bertz CT molecular complexity index is 2370. The van der Waals surface area contributed by atoms with Gasteiger partial charge in [0.05, 0.1) is 46.9 Å². The Morgan fingerprint density at radius 2 is 1.60 bits per heavy atom. The summed E-state index contributed by atoms with van der Waals surface area (Å²) in [5.41, 5.74) is 0.758. The number of anilines is 1. The molecule has 6 N–H and O–H groups in total. The average molecular weight is 871 g/mol. The van der Waals surface area contributed by atoms with Gasteiger partial charge in [-0.15, -0.1) is 0 Å². The molecule has 0 saturated carbocycles. The first-order valence-electron chi connectivity index (χ1n) is 20.7. The molecule has 5 bridgehead atoms. The van der Waals surface area contributed by atoms with E-state index < -0.39 is 88.8 Å². The molecule has 0 spiro atoms. The molecule has 0 radical (unpaired) electrons. The molecule has 0 aliphatic carbocycles. The fourth-order valence-corrected chi connectivity index (χ4v) is 7.93. The average Bonchev–Trinajstić information content (AvgIpc) is 3.52. The number of ketones is 1. The number of carbonyl (C=O) groups is 3. The molecule has 338 valence electrons. The second-order valence-electron chi connectivity index (χ2n) is 16.4. The van der Waals surface area contributed by atoms with Gasteiger partial charge in [-0.3, -0.25) is 14.4 Å². The van der Waals surface area contributed by atoms with E-state index >= 15 is 0 Å². The van der Waals surface area contributed by atoms with E-state index in [0.29, 0.717) is 5.71 Å². The Labute approximate surface area is 367 Å². The molecule has 15 nitrogen and oxygen atoms in total. The fraction of sp³-hybridized carbons (Fsp3) is 0.417. The van der Waals surface area contributed by atoms with Crippen LogP contribution in [0.25, 0.3) is 16.8 Å². The number of esters is 1. The first-order valence-corrected chi connectivity index (χ1v) is 20.7. The zero-order valence-corrected chi connectivity index (χ0v) is 37.2. The SMILES string of the molecule is COC1C=COC2(C)Oc3c(C)c(O)c4c(O)c(c(/C=C/C(C)=N/OCc5ccccc5)c(O)c4c3C2=O)NC(=O)C(C)=CC=CC(C)C(O)C(C)C(O)C(C)C(OC(C)=O)C1C. The topological polar surface area (TPSA) is 223 Å². The summed E-state index contributed by atoms with van der Waals surface area (Å²) in [6.07, 6.45) is 6.29. The third-order valence-electron chi connectivity index (χ3n) is 11.8. The van der Waals surface area contributed by atoms with Gasteiger partial charge in [0.25, 0.3) is 11.7 Å². The van der Waals surface area contributed by atoms with Gasteiger partial charge in [-0.1, -0.05) is 81.4 Å². The zero-order chi connectivity index (χ0) is 46.5. The number of hydrogen-bond acceptors (Lipinski definition) is 14. The van der Waals surface area contributed by atoms with Crippen molar-refractivity contribution in [2.45, 2.75) is 99.1 Å².